The smallest absolute Gasteiger partial charge is 0.258 e. The minimum Gasteiger partial charge on any atom is -0.491 e. The van der Waals surface area contributed by atoms with Crippen molar-refractivity contribution in [2.24, 2.45) is 0 Å². The van der Waals surface area contributed by atoms with Gasteiger partial charge < -0.3 is 14.8 Å². The Bertz CT molecular complexity index is 656. The normalized spacial score (nSPS) is 10.2. The minimum absolute atomic E-state index is 0.00403. The molecule has 0 aliphatic heterocycles. The molecule has 0 heterocycles. The van der Waals surface area contributed by atoms with Crippen molar-refractivity contribution in [1.29, 1.82) is 0 Å². The van der Waals surface area contributed by atoms with E-state index in [2.05, 4.69) is 27.9 Å². The number of halogens is 1. The van der Waals surface area contributed by atoms with Crippen molar-refractivity contribution in [2.45, 2.75) is 13.8 Å². The highest BCUT2D eigenvalue weighted by Crippen LogP contribution is 2.18. The zero-order valence-corrected chi connectivity index (χ0v) is 15.4. The monoisotopic (exact) mass is 425 g/mol. The Morgan fingerprint density at radius 2 is 1.83 bits per heavy atom. The fourth-order valence-corrected chi connectivity index (χ4v) is 2.30. The van der Waals surface area contributed by atoms with E-state index in [0.717, 1.165) is 20.4 Å². The molecular formula is C18H20INO3. The van der Waals surface area contributed by atoms with E-state index in [4.69, 9.17) is 9.47 Å². The fraction of sp³-hybridized carbons (Fsp3) is 0.278. The second kappa shape index (κ2) is 8.76. The molecule has 0 aliphatic rings. The van der Waals surface area contributed by atoms with Crippen LogP contribution in [0.4, 0.5) is 0 Å². The second-order valence-electron chi connectivity index (χ2n) is 5.21. The van der Waals surface area contributed by atoms with Gasteiger partial charge in [0.15, 0.2) is 6.61 Å². The van der Waals surface area contributed by atoms with Gasteiger partial charge in [-0.05, 0) is 77.9 Å². The largest absolute Gasteiger partial charge is 0.491 e. The molecule has 122 valence electrons. The first-order valence-electron chi connectivity index (χ1n) is 7.40. The lowest BCUT2D eigenvalue weighted by molar-refractivity contribution is -0.123. The molecule has 1 N–H and O–H groups in total. The van der Waals surface area contributed by atoms with Crippen molar-refractivity contribution in [2.75, 3.05) is 19.8 Å². The summed E-state index contributed by atoms with van der Waals surface area (Å²) in [5.41, 5.74) is 2.24. The first-order chi connectivity index (χ1) is 11.0. The van der Waals surface area contributed by atoms with Crippen LogP contribution in [-0.4, -0.2) is 25.7 Å². The molecular weight excluding hydrogens is 405 g/mol. The molecule has 1 amide bonds. The molecule has 2 aromatic rings. The van der Waals surface area contributed by atoms with Crippen molar-refractivity contribution in [3.05, 3.63) is 57.2 Å². The maximum Gasteiger partial charge on any atom is 0.258 e. The highest BCUT2D eigenvalue weighted by Gasteiger charge is 2.03. The number of amides is 1. The zero-order valence-electron chi connectivity index (χ0n) is 13.3. The van der Waals surface area contributed by atoms with E-state index in [1.54, 1.807) is 0 Å². The predicted octanol–water partition coefficient (Wildman–Crippen LogP) is 3.48. The lowest BCUT2D eigenvalue weighted by Crippen LogP contribution is -2.32. The summed E-state index contributed by atoms with van der Waals surface area (Å²) in [6, 6.07) is 13.6. The first-order valence-corrected chi connectivity index (χ1v) is 8.47. The minimum atomic E-state index is -0.159. The highest BCUT2D eigenvalue weighted by molar-refractivity contribution is 14.1. The number of hydrogen-bond donors (Lipinski definition) is 1. The number of carbonyl (C=O) groups excluding carboxylic acids is 1. The average Bonchev–Trinajstić information content (AvgIpc) is 2.54. The SMILES string of the molecule is Cc1ccc(C)c(OCCNC(=O)COc2ccc(I)cc2)c1. The quantitative estimate of drug-likeness (QED) is 0.546. The van der Waals surface area contributed by atoms with E-state index in [1.807, 2.05) is 56.3 Å². The van der Waals surface area contributed by atoms with Crippen LogP contribution in [0.2, 0.25) is 0 Å². The molecule has 0 aliphatic carbocycles. The van der Waals surface area contributed by atoms with Gasteiger partial charge in [-0.3, -0.25) is 4.79 Å². The molecule has 0 unspecified atom stereocenters. The van der Waals surface area contributed by atoms with Crippen LogP contribution in [0, 0.1) is 17.4 Å². The number of carbonyl (C=O) groups is 1. The Hall–Kier alpha value is -1.76. The Kier molecular flexibility index (Phi) is 6.70. The van der Waals surface area contributed by atoms with E-state index in [1.165, 1.54) is 0 Å². The number of nitrogens with one attached hydrogen (secondary N) is 1. The Labute approximate surface area is 150 Å². The molecule has 23 heavy (non-hydrogen) atoms. The molecule has 0 atom stereocenters. The van der Waals surface area contributed by atoms with Gasteiger partial charge in [0.1, 0.15) is 18.1 Å². The molecule has 0 saturated carbocycles. The van der Waals surface area contributed by atoms with Crippen LogP contribution in [0.1, 0.15) is 11.1 Å². The summed E-state index contributed by atoms with van der Waals surface area (Å²) in [5.74, 6) is 1.38. The fourth-order valence-electron chi connectivity index (χ4n) is 1.94. The van der Waals surface area contributed by atoms with Gasteiger partial charge in [-0.1, -0.05) is 12.1 Å². The van der Waals surface area contributed by atoms with Gasteiger partial charge in [0.05, 0.1) is 6.54 Å². The van der Waals surface area contributed by atoms with E-state index in [9.17, 15) is 4.79 Å². The van der Waals surface area contributed by atoms with Crippen molar-refractivity contribution in [3.8, 4) is 11.5 Å². The first kappa shape index (κ1) is 17.6. The molecule has 5 heteroatoms. The summed E-state index contributed by atoms with van der Waals surface area (Å²) < 4.78 is 12.2. The third-order valence-electron chi connectivity index (χ3n) is 3.21. The summed E-state index contributed by atoms with van der Waals surface area (Å²) in [7, 11) is 0. The molecule has 0 bridgehead atoms. The predicted molar refractivity (Wildman–Crippen MR) is 99.1 cm³/mol. The summed E-state index contributed by atoms with van der Waals surface area (Å²) in [4.78, 5) is 11.7. The van der Waals surface area contributed by atoms with E-state index < -0.39 is 0 Å². The number of rotatable bonds is 7. The topological polar surface area (TPSA) is 47.6 Å². The Morgan fingerprint density at radius 3 is 2.57 bits per heavy atom. The van der Waals surface area contributed by atoms with Gasteiger partial charge in [-0.15, -0.1) is 0 Å². The maximum absolute atomic E-state index is 11.7. The van der Waals surface area contributed by atoms with Crippen LogP contribution in [0.15, 0.2) is 42.5 Å². The van der Waals surface area contributed by atoms with E-state index in [-0.39, 0.29) is 12.5 Å². The third kappa shape index (κ3) is 6.09. The van der Waals surface area contributed by atoms with Crippen LogP contribution in [-0.2, 0) is 4.79 Å². The van der Waals surface area contributed by atoms with E-state index >= 15 is 0 Å². The lowest BCUT2D eigenvalue weighted by atomic mass is 10.1. The third-order valence-corrected chi connectivity index (χ3v) is 3.93. The van der Waals surface area contributed by atoms with Crippen LogP contribution >= 0.6 is 22.6 Å². The molecule has 0 fully saturated rings. The Morgan fingerprint density at radius 1 is 1.09 bits per heavy atom. The maximum atomic E-state index is 11.7. The van der Waals surface area contributed by atoms with Crippen LogP contribution in [0.3, 0.4) is 0 Å². The number of ether oxygens (including phenoxy) is 2. The number of aryl methyl sites for hydroxylation is 2. The summed E-state index contributed by atoms with van der Waals surface area (Å²) in [5, 5.41) is 2.78. The molecule has 0 spiro atoms. The van der Waals surface area contributed by atoms with Crippen molar-refractivity contribution in [3.63, 3.8) is 0 Å². The summed E-state index contributed by atoms with van der Waals surface area (Å²) in [6.45, 7) is 4.91. The van der Waals surface area contributed by atoms with Crippen LogP contribution in [0.25, 0.3) is 0 Å². The van der Waals surface area contributed by atoms with Crippen LogP contribution in [0.5, 0.6) is 11.5 Å². The van der Waals surface area contributed by atoms with Gasteiger partial charge in [-0.25, -0.2) is 0 Å². The summed E-state index contributed by atoms with van der Waals surface area (Å²) >= 11 is 2.22. The second-order valence-corrected chi connectivity index (χ2v) is 6.46. The summed E-state index contributed by atoms with van der Waals surface area (Å²) in [6.07, 6.45) is 0. The standard InChI is InChI=1S/C18H20INO3/c1-13-3-4-14(2)17(11-13)22-10-9-20-18(21)12-23-16-7-5-15(19)6-8-16/h3-8,11H,9-10,12H2,1-2H3,(H,20,21). The molecule has 4 nitrogen and oxygen atoms in total. The molecule has 2 rings (SSSR count). The molecule has 0 aromatic heterocycles. The van der Waals surface area contributed by atoms with Gasteiger partial charge in [0.2, 0.25) is 0 Å². The number of hydrogen-bond acceptors (Lipinski definition) is 3. The average molecular weight is 425 g/mol. The van der Waals surface area contributed by atoms with Gasteiger partial charge >= 0.3 is 0 Å². The lowest BCUT2D eigenvalue weighted by Gasteiger charge is -2.11. The molecule has 0 saturated heterocycles. The zero-order chi connectivity index (χ0) is 16.7. The van der Waals surface area contributed by atoms with Crippen molar-refractivity contribution >= 4 is 28.5 Å². The van der Waals surface area contributed by atoms with Gasteiger partial charge in [-0.2, -0.15) is 0 Å². The van der Waals surface area contributed by atoms with E-state index in [0.29, 0.717) is 18.9 Å². The molecule has 0 radical (unpaired) electrons. The highest BCUT2D eigenvalue weighted by atomic mass is 127. The Balaban J connectivity index is 1.66. The molecule has 2 aromatic carbocycles. The number of benzene rings is 2. The van der Waals surface area contributed by atoms with Crippen LogP contribution < -0.4 is 14.8 Å². The van der Waals surface area contributed by atoms with Crippen molar-refractivity contribution < 1.29 is 14.3 Å². The van der Waals surface area contributed by atoms with Gasteiger partial charge in [0.25, 0.3) is 5.91 Å². The van der Waals surface area contributed by atoms with Gasteiger partial charge in [0, 0.05) is 3.57 Å². The van der Waals surface area contributed by atoms with Crippen molar-refractivity contribution in [1.82, 2.24) is 5.32 Å².